The lowest BCUT2D eigenvalue weighted by Gasteiger charge is -2.16. The van der Waals surface area contributed by atoms with Crippen LogP contribution in [0.4, 0.5) is 5.13 Å². The number of hydrazone groups is 1. The van der Waals surface area contributed by atoms with Gasteiger partial charge >= 0.3 is 0 Å². The second-order valence-electron chi connectivity index (χ2n) is 6.33. The van der Waals surface area contributed by atoms with Crippen molar-refractivity contribution >= 4 is 54.5 Å². The van der Waals surface area contributed by atoms with Crippen LogP contribution < -0.4 is 14.9 Å². The predicted molar refractivity (Wildman–Crippen MR) is 132 cm³/mol. The quantitative estimate of drug-likeness (QED) is 0.162. The molecule has 0 unspecified atom stereocenters. The molecule has 0 atom stereocenters. The highest BCUT2D eigenvalue weighted by molar-refractivity contribution is 9.13. The first-order valence-electron chi connectivity index (χ1n) is 9.71. The third kappa shape index (κ3) is 5.83. The minimum atomic E-state index is 0.550. The Kier molecular flexibility index (Phi) is 8.72. The molecule has 3 rings (SSSR count). The van der Waals surface area contributed by atoms with Crippen LogP contribution in [-0.4, -0.2) is 24.4 Å². The fourth-order valence-corrected chi connectivity index (χ4v) is 4.24. The second kappa shape index (κ2) is 11.5. The van der Waals surface area contributed by atoms with E-state index in [0.29, 0.717) is 24.7 Å². The van der Waals surface area contributed by atoms with E-state index >= 15 is 0 Å². The highest BCUT2D eigenvalue weighted by Gasteiger charge is 2.17. The van der Waals surface area contributed by atoms with Gasteiger partial charge in [-0.15, -0.1) is 11.3 Å². The molecule has 1 aromatic heterocycles. The number of nitrogens with zero attached hydrogens (tertiary/aromatic N) is 2. The lowest BCUT2D eigenvalue weighted by Crippen LogP contribution is -2.03. The molecule has 158 valence electrons. The van der Waals surface area contributed by atoms with Crippen molar-refractivity contribution in [3.05, 3.63) is 56.3 Å². The lowest BCUT2D eigenvalue weighted by molar-refractivity contribution is 0.271. The molecule has 0 spiro atoms. The van der Waals surface area contributed by atoms with Crippen LogP contribution >= 0.6 is 43.2 Å². The summed E-state index contributed by atoms with van der Waals surface area (Å²) in [6.45, 7) is 5.28. The van der Waals surface area contributed by atoms with Crippen LogP contribution in [0.5, 0.6) is 11.5 Å². The molecule has 0 radical (unpaired) electrons. The van der Waals surface area contributed by atoms with Crippen molar-refractivity contribution < 1.29 is 9.47 Å². The van der Waals surface area contributed by atoms with E-state index in [1.807, 2.05) is 48.7 Å². The lowest BCUT2D eigenvalue weighted by atomic mass is 10.2. The summed E-state index contributed by atoms with van der Waals surface area (Å²) in [4.78, 5) is 4.58. The molecule has 2 aromatic carbocycles. The molecule has 8 heteroatoms. The van der Waals surface area contributed by atoms with Crippen molar-refractivity contribution in [1.29, 1.82) is 0 Å². The minimum Gasteiger partial charge on any atom is -0.490 e. The SMILES string of the molecule is CCCCOc1c(OCC)cc(C=NNc2nc(-c3ccccc3)cs2)c(Br)c1Br. The summed E-state index contributed by atoms with van der Waals surface area (Å²) in [6, 6.07) is 12.0. The van der Waals surface area contributed by atoms with Gasteiger partial charge in [0.15, 0.2) is 11.5 Å². The van der Waals surface area contributed by atoms with E-state index in [-0.39, 0.29) is 0 Å². The highest BCUT2D eigenvalue weighted by Crippen LogP contribution is 2.42. The third-order valence-corrected chi connectivity index (χ3v) is 7.03. The van der Waals surface area contributed by atoms with Gasteiger partial charge in [0.2, 0.25) is 5.13 Å². The van der Waals surface area contributed by atoms with Gasteiger partial charge in [-0.3, -0.25) is 5.43 Å². The van der Waals surface area contributed by atoms with Crippen molar-refractivity contribution in [2.45, 2.75) is 26.7 Å². The van der Waals surface area contributed by atoms with Crippen molar-refractivity contribution in [3.8, 4) is 22.8 Å². The number of benzene rings is 2. The molecule has 1 N–H and O–H groups in total. The Morgan fingerprint density at radius 1 is 1.13 bits per heavy atom. The molecular weight excluding hydrogens is 530 g/mol. The fourth-order valence-electron chi connectivity index (χ4n) is 2.64. The molecule has 0 aliphatic heterocycles. The maximum absolute atomic E-state index is 5.94. The van der Waals surface area contributed by atoms with Crippen LogP contribution in [0.1, 0.15) is 32.3 Å². The van der Waals surface area contributed by atoms with Crippen molar-refractivity contribution in [1.82, 2.24) is 4.98 Å². The minimum absolute atomic E-state index is 0.550. The van der Waals surface area contributed by atoms with Gasteiger partial charge in [0.05, 0.1) is 29.6 Å². The first-order valence-corrected chi connectivity index (χ1v) is 12.2. The molecular formula is C22H23Br2N3O2S. The number of unbranched alkanes of at least 4 members (excludes halogenated alkanes) is 1. The van der Waals surface area contributed by atoms with E-state index in [0.717, 1.165) is 43.7 Å². The number of rotatable bonds is 10. The number of ether oxygens (including phenoxy) is 2. The summed E-state index contributed by atoms with van der Waals surface area (Å²) in [5.41, 5.74) is 5.87. The maximum Gasteiger partial charge on any atom is 0.203 e. The van der Waals surface area contributed by atoms with Crippen molar-refractivity contribution in [3.63, 3.8) is 0 Å². The topological polar surface area (TPSA) is 55.7 Å². The summed E-state index contributed by atoms with van der Waals surface area (Å²) in [6.07, 6.45) is 3.79. The van der Waals surface area contributed by atoms with Crippen LogP contribution in [-0.2, 0) is 0 Å². The normalized spacial score (nSPS) is 11.1. The van der Waals surface area contributed by atoms with E-state index in [2.05, 4.69) is 54.3 Å². The summed E-state index contributed by atoms with van der Waals surface area (Å²) in [5, 5.41) is 7.09. The molecule has 0 amide bonds. The average Bonchev–Trinajstić information content (AvgIpc) is 3.23. The summed E-state index contributed by atoms with van der Waals surface area (Å²) < 4.78 is 13.4. The van der Waals surface area contributed by atoms with Gasteiger partial charge in [0, 0.05) is 21.0 Å². The van der Waals surface area contributed by atoms with E-state index in [1.165, 1.54) is 11.3 Å². The van der Waals surface area contributed by atoms with E-state index in [1.54, 1.807) is 6.21 Å². The Morgan fingerprint density at radius 2 is 1.93 bits per heavy atom. The number of hydrogen-bond acceptors (Lipinski definition) is 6. The Bertz CT molecular complexity index is 994. The highest BCUT2D eigenvalue weighted by atomic mass is 79.9. The first-order chi connectivity index (χ1) is 14.6. The average molecular weight is 553 g/mol. The maximum atomic E-state index is 5.94. The van der Waals surface area contributed by atoms with E-state index < -0.39 is 0 Å². The summed E-state index contributed by atoms with van der Waals surface area (Å²) in [7, 11) is 0. The molecule has 0 aliphatic rings. The van der Waals surface area contributed by atoms with E-state index in [4.69, 9.17) is 9.47 Å². The fraction of sp³-hybridized carbons (Fsp3) is 0.273. The van der Waals surface area contributed by atoms with Crippen molar-refractivity contribution in [2.75, 3.05) is 18.6 Å². The molecule has 0 saturated heterocycles. The van der Waals surface area contributed by atoms with Crippen LogP contribution in [0.15, 0.2) is 55.8 Å². The van der Waals surface area contributed by atoms with Gasteiger partial charge in [-0.2, -0.15) is 5.10 Å². The smallest absolute Gasteiger partial charge is 0.203 e. The Balaban J connectivity index is 1.75. The van der Waals surface area contributed by atoms with Crippen molar-refractivity contribution in [2.24, 2.45) is 5.10 Å². The Hall–Kier alpha value is -1.90. The Morgan fingerprint density at radius 3 is 2.67 bits per heavy atom. The Labute approximate surface area is 197 Å². The summed E-state index contributed by atoms with van der Waals surface area (Å²) in [5.74, 6) is 1.39. The number of thiazole rings is 1. The monoisotopic (exact) mass is 551 g/mol. The zero-order chi connectivity index (χ0) is 21.3. The molecule has 0 aliphatic carbocycles. The zero-order valence-corrected chi connectivity index (χ0v) is 20.8. The number of aromatic nitrogens is 1. The van der Waals surface area contributed by atoms with Crippen LogP contribution in [0.3, 0.4) is 0 Å². The number of anilines is 1. The first kappa shape index (κ1) is 22.8. The van der Waals surface area contributed by atoms with Crippen LogP contribution in [0, 0.1) is 0 Å². The van der Waals surface area contributed by atoms with Crippen LogP contribution in [0.25, 0.3) is 11.3 Å². The molecule has 5 nitrogen and oxygen atoms in total. The standard InChI is InChI=1S/C22H23Br2N3O2S/c1-3-5-11-29-21-18(28-4-2)12-16(19(23)20(21)24)13-25-27-22-26-17(14-30-22)15-9-7-6-8-10-15/h6-10,12-14H,3-5,11H2,1-2H3,(H,26,27). The molecule has 0 saturated carbocycles. The van der Waals surface area contributed by atoms with Gasteiger partial charge < -0.3 is 9.47 Å². The predicted octanol–water partition coefficient (Wildman–Crippen LogP) is 7.36. The number of halogens is 2. The largest absolute Gasteiger partial charge is 0.490 e. The van der Waals surface area contributed by atoms with E-state index in [9.17, 15) is 0 Å². The molecule has 1 heterocycles. The zero-order valence-electron chi connectivity index (χ0n) is 16.8. The van der Waals surface area contributed by atoms with Gasteiger partial charge in [0.1, 0.15) is 0 Å². The molecule has 30 heavy (non-hydrogen) atoms. The number of hydrogen-bond donors (Lipinski definition) is 1. The van der Waals surface area contributed by atoms with Crippen LogP contribution in [0.2, 0.25) is 0 Å². The summed E-state index contributed by atoms with van der Waals surface area (Å²) >= 11 is 8.77. The van der Waals surface area contributed by atoms with Gasteiger partial charge in [-0.05, 0) is 51.3 Å². The molecule has 0 bridgehead atoms. The van der Waals surface area contributed by atoms with Gasteiger partial charge in [-0.1, -0.05) is 43.7 Å². The second-order valence-corrected chi connectivity index (χ2v) is 8.77. The molecule has 3 aromatic rings. The van der Waals surface area contributed by atoms with Gasteiger partial charge in [0.25, 0.3) is 0 Å². The molecule has 0 fully saturated rings. The van der Waals surface area contributed by atoms with Gasteiger partial charge in [-0.25, -0.2) is 4.98 Å². The number of nitrogens with one attached hydrogen (secondary N) is 1. The third-order valence-electron chi connectivity index (χ3n) is 4.14.